The normalized spacial score (nSPS) is 12.7. The smallest absolute Gasteiger partial charge is 0.303 e. The number of rotatable bonds is 6. The van der Waals surface area contributed by atoms with E-state index < -0.39 is 11.4 Å². The van der Waals surface area contributed by atoms with Crippen molar-refractivity contribution >= 4 is 5.97 Å². The fourth-order valence-corrected chi connectivity index (χ4v) is 2.07. The van der Waals surface area contributed by atoms with Gasteiger partial charge in [0, 0.05) is 6.42 Å². The third kappa shape index (κ3) is 4.58. The molecule has 0 aliphatic heterocycles. The van der Waals surface area contributed by atoms with Crippen LogP contribution >= 0.6 is 0 Å². The summed E-state index contributed by atoms with van der Waals surface area (Å²) in [6.45, 7) is 3.79. The van der Waals surface area contributed by atoms with E-state index in [4.69, 9.17) is 10.4 Å². The molecule has 0 bridgehead atoms. The van der Waals surface area contributed by atoms with Crippen molar-refractivity contribution in [3.05, 3.63) is 35.9 Å². The Bertz CT molecular complexity index is 432. The van der Waals surface area contributed by atoms with Crippen LogP contribution in [0.5, 0.6) is 0 Å². The zero-order valence-electron chi connectivity index (χ0n) is 10.9. The van der Waals surface area contributed by atoms with E-state index in [1.807, 2.05) is 44.2 Å². The van der Waals surface area contributed by atoms with Crippen LogP contribution in [0, 0.1) is 16.7 Å². The Morgan fingerprint density at radius 2 is 2.00 bits per heavy atom. The van der Waals surface area contributed by atoms with Crippen molar-refractivity contribution in [3.63, 3.8) is 0 Å². The molecular weight excluding hydrogens is 226 g/mol. The second-order valence-electron chi connectivity index (χ2n) is 5.24. The number of benzene rings is 1. The van der Waals surface area contributed by atoms with Gasteiger partial charge in [-0.1, -0.05) is 30.3 Å². The molecule has 1 unspecified atom stereocenters. The highest BCUT2D eigenvalue weighted by Crippen LogP contribution is 2.34. The molecule has 0 saturated heterocycles. The number of carboxylic acid groups (broad SMARTS) is 1. The maximum absolute atomic E-state index is 10.7. The minimum absolute atomic E-state index is 0.122. The van der Waals surface area contributed by atoms with E-state index in [-0.39, 0.29) is 12.3 Å². The fraction of sp³-hybridized carbons (Fsp3) is 0.467. The number of hydrogen-bond acceptors (Lipinski definition) is 2. The molecule has 1 aromatic carbocycles. The van der Waals surface area contributed by atoms with Crippen LogP contribution in [0.4, 0.5) is 0 Å². The van der Waals surface area contributed by atoms with Crippen LogP contribution in [0.25, 0.3) is 0 Å². The molecule has 1 N–H and O–H groups in total. The maximum atomic E-state index is 10.7. The number of aliphatic carboxylic acids is 1. The minimum atomic E-state index is -0.786. The molecule has 0 amide bonds. The van der Waals surface area contributed by atoms with Crippen molar-refractivity contribution in [1.29, 1.82) is 5.26 Å². The number of carbonyl (C=O) groups is 1. The summed E-state index contributed by atoms with van der Waals surface area (Å²) in [4.78, 5) is 10.7. The van der Waals surface area contributed by atoms with Gasteiger partial charge < -0.3 is 5.11 Å². The molecule has 0 radical (unpaired) electrons. The molecule has 0 fully saturated rings. The SMILES string of the molecule is CC(C)(C#N)CC(CCC(=O)O)c1ccccc1. The van der Waals surface area contributed by atoms with Crippen molar-refractivity contribution in [2.24, 2.45) is 5.41 Å². The lowest BCUT2D eigenvalue weighted by molar-refractivity contribution is -0.137. The lowest BCUT2D eigenvalue weighted by Gasteiger charge is -2.24. The molecule has 1 atom stereocenters. The number of nitriles is 1. The number of nitrogens with zero attached hydrogens (tertiary/aromatic N) is 1. The first kappa shape index (κ1) is 14.2. The fourth-order valence-electron chi connectivity index (χ4n) is 2.07. The van der Waals surface area contributed by atoms with Gasteiger partial charge in [0.15, 0.2) is 0 Å². The summed E-state index contributed by atoms with van der Waals surface area (Å²) in [5.74, 6) is -0.664. The summed E-state index contributed by atoms with van der Waals surface area (Å²) in [5.41, 5.74) is 0.681. The molecular formula is C15H19NO2. The molecule has 0 heterocycles. The summed E-state index contributed by atoms with van der Waals surface area (Å²) in [5, 5.41) is 17.9. The van der Waals surface area contributed by atoms with Crippen molar-refractivity contribution in [2.75, 3.05) is 0 Å². The Morgan fingerprint density at radius 3 is 2.50 bits per heavy atom. The topological polar surface area (TPSA) is 61.1 Å². The van der Waals surface area contributed by atoms with Crippen LogP contribution in [0.1, 0.15) is 44.6 Å². The van der Waals surface area contributed by atoms with Gasteiger partial charge in [0.2, 0.25) is 0 Å². The van der Waals surface area contributed by atoms with Gasteiger partial charge in [0.25, 0.3) is 0 Å². The second kappa shape index (κ2) is 6.20. The van der Waals surface area contributed by atoms with Gasteiger partial charge in [-0.2, -0.15) is 5.26 Å². The second-order valence-corrected chi connectivity index (χ2v) is 5.24. The number of hydrogen-bond donors (Lipinski definition) is 1. The molecule has 3 heteroatoms. The Hall–Kier alpha value is -1.82. The average molecular weight is 245 g/mol. The summed E-state index contributed by atoms with van der Waals surface area (Å²) in [7, 11) is 0. The zero-order valence-corrected chi connectivity index (χ0v) is 10.9. The Balaban J connectivity index is 2.83. The van der Waals surface area contributed by atoms with E-state index in [1.165, 1.54) is 0 Å². The van der Waals surface area contributed by atoms with Crippen LogP contribution in [0.15, 0.2) is 30.3 Å². The first-order valence-electron chi connectivity index (χ1n) is 6.12. The highest BCUT2D eigenvalue weighted by molar-refractivity contribution is 5.66. The molecule has 18 heavy (non-hydrogen) atoms. The standard InChI is InChI=1S/C15H19NO2/c1-15(2,11-16)10-13(8-9-14(17)18)12-6-4-3-5-7-12/h3-7,13H,8-10H2,1-2H3,(H,17,18). The third-order valence-electron chi connectivity index (χ3n) is 3.04. The predicted molar refractivity (Wildman–Crippen MR) is 70.1 cm³/mol. The van der Waals surface area contributed by atoms with Crippen molar-refractivity contribution in [3.8, 4) is 6.07 Å². The van der Waals surface area contributed by atoms with Gasteiger partial charge in [-0.25, -0.2) is 0 Å². The van der Waals surface area contributed by atoms with E-state index in [2.05, 4.69) is 6.07 Å². The van der Waals surface area contributed by atoms with Crippen LogP contribution in [-0.2, 0) is 4.79 Å². The van der Waals surface area contributed by atoms with Gasteiger partial charge in [0.1, 0.15) is 0 Å². The quantitative estimate of drug-likeness (QED) is 0.833. The molecule has 0 aliphatic rings. The minimum Gasteiger partial charge on any atom is -0.481 e. The Kier molecular flexibility index (Phi) is 4.91. The van der Waals surface area contributed by atoms with Crippen LogP contribution < -0.4 is 0 Å². The Labute approximate surface area is 108 Å². The van der Waals surface area contributed by atoms with Gasteiger partial charge in [-0.15, -0.1) is 0 Å². The summed E-state index contributed by atoms with van der Waals surface area (Å²) < 4.78 is 0. The lowest BCUT2D eigenvalue weighted by atomic mass is 9.79. The monoisotopic (exact) mass is 245 g/mol. The van der Waals surface area contributed by atoms with Crippen molar-refractivity contribution in [1.82, 2.24) is 0 Å². The van der Waals surface area contributed by atoms with Crippen LogP contribution in [0.3, 0.4) is 0 Å². The average Bonchev–Trinajstić information content (AvgIpc) is 2.35. The molecule has 0 spiro atoms. The van der Waals surface area contributed by atoms with Crippen LogP contribution in [0.2, 0.25) is 0 Å². The highest BCUT2D eigenvalue weighted by atomic mass is 16.4. The third-order valence-corrected chi connectivity index (χ3v) is 3.04. The molecule has 3 nitrogen and oxygen atoms in total. The number of carboxylic acids is 1. The Morgan fingerprint density at radius 1 is 1.39 bits per heavy atom. The molecule has 0 aliphatic carbocycles. The van der Waals surface area contributed by atoms with Gasteiger partial charge in [-0.3, -0.25) is 4.79 Å². The first-order valence-corrected chi connectivity index (χ1v) is 6.12. The van der Waals surface area contributed by atoms with E-state index in [0.29, 0.717) is 12.8 Å². The predicted octanol–water partition coefficient (Wildman–Crippen LogP) is 3.57. The van der Waals surface area contributed by atoms with Crippen molar-refractivity contribution in [2.45, 2.75) is 39.0 Å². The maximum Gasteiger partial charge on any atom is 0.303 e. The highest BCUT2D eigenvalue weighted by Gasteiger charge is 2.24. The van der Waals surface area contributed by atoms with Crippen molar-refractivity contribution < 1.29 is 9.90 Å². The van der Waals surface area contributed by atoms with E-state index in [9.17, 15) is 4.79 Å². The van der Waals surface area contributed by atoms with E-state index >= 15 is 0 Å². The van der Waals surface area contributed by atoms with E-state index in [0.717, 1.165) is 5.56 Å². The van der Waals surface area contributed by atoms with Gasteiger partial charge in [-0.05, 0) is 38.2 Å². The summed E-state index contributed by atoms with van der Waals surface area (Å²) in [6, 6.07) is 12.1. The molecule has 96 valence electrons. The summed E-state index contributed by atoms with van der Waals surface area (Å²) >= 11 is 0. The molecule has 1 rings (SSSR count). The van der Waals surface area contributed by atoms with Crippen LogP contribution in [-0.4, -0.2) is 11.1 Å². The van der Waals surface area contributed by atoms with Gasteiger partial charge >= 0.3 is 5.97 Å². The van der Waals surface area contributed by atoms with E-state index in [1.54, 1.807) is 0 Å². The van der Waals surface area contributed by atoms with Gasteiger partial charge in [0.05, 0.1) is 11.5 Å². The molecule has 0 saturated carbocycles. The largest absolute Gasteiger partial charge is 0.481 e. The first-order chi connectivity index (χ1) is 8.44. The zero-order chi connectivity index (χ0) is 13.6. The molecule has 0 aromatic heterocycles. The molecule has 1 aromatic rings. The lowest BCUT2D eigenvalue weighted by Crippen LogP contribution is -2.15. The summed E-state index contributed by atoms with van der Waals surface area (Å²) in [6.07, 6.45) is 1.40.